The molecule has 2 rings (SSSR count). The maximum absolute atomic E-state index is 4.30. The van der Waals surface area contributed by atoms with Crippen molar-refractivity contribution in [3.8, 4) is 0 Å². The predicted octanol–water partition coefficient (Wildman–Crippen LogP) is 2.43. The summed E-state index contributed by atoms with van der Waals surface area (Å²) in [5.41, 5.74) is 1.20. The topological polar surface area (TPSA) is 58.5 Å². The molecule has 0 aliphatic heterocycles. The molecule has 2 aromatic rings. The van der Waals surface area contributed by atoms with Crippen molar-refractivity contribution in [1.29, 1.82) is 0 Å². The van der Waals surface area contributed by atoms with Crippen LogP contribution in [0.25, 0.3) is 0 Å². The Morgan fingerprint density at radius 2 is 2.28 bits per heavy atom. The lowest BCUT2D eigenvalue weighted by atomic mass is 10.2. The van der Waals surface area contributed by atoms with Crippen LogP contribution in [0.2, 0.25) is 0 Å². The zero-order valence-electron chi connectivity index (χ0n) is 11.2. The van der Waals surface area contributed by atoms with E-state index in [-0.39, 0.29) is 6.04 Å². The second-order valence-electron chi connectivity index (χ2n) is 4.70. The first-order valence-corrected chi connectivity index (χ1v) is 6.45. The molecule has 5 nitrogen and oxygen atoms in total. The van der Waals surface area contributed by atoms with Crippen LogP contribution in [0, 0.1) is 0 Å². The van der Waals surface area contributed by atoms with Gasteiger partial charge in [-0.3, -0.25) is 0 Å². The van der Waals surface area contributed by atoms with E-state index in [2.05, 4.69) is 45.6 Å². The summed E-state index contributed by atoms with van der Waals surface area (Å²) in [6, 6.07) is 0.698. The highest BCUT2D eigenvalue weighted by Gasteiger charge is 2.12. The smallest absolute Gasteiger partial charge is 0.123 e. The second kappa shape index (κ2) is 5.82. The van der Waals surface area contributed by atoms with Gasteiger partial charge in [0.25, 0.3) is 0 Å². The van der Waals surface area contributed by atoms with E-state index in [4.69, 9.17) is 0 Å². The highest BCUT2D eigenvalue weighted by molar-refractivity contribution is 5.02. The normalized spacial score (nSPS) is 13.1. The number of imidazole rings is 2. The second-order valence-corrected chi connectivity index (χ2v) is 4.70. The lowest BCUT2D eigenvalue weighted by Crippen LogP contribution is -2.23. The molecule has 0 aliphatic rings. The van der Waals surface area contributed by atoms with Gasteiger partial charge in [0.15, 0.2) is 0 Å². The Balaban J connectivity index is 2.00. The van der Waals surface area contributed by atoms with Crippen LogP contribution in [0.4, 0.5) is 0 Å². The van der Waals surface area contributed by atoms with E-state index >= 15 is 0 Å². The van der Waals surface area contributed by atoms with E-state index in [1.807, 2.05) is 18.7 Å². The molecule has 98 valence electrons. The van der Waals surface area contributed by atoms with Crippen molar-refractivity contribution in [3.05, 3.63) is 36.4 Å². The van der Waals surface area contributed by atoms with Crippen molar-refractivity contribution in [2.45, 2.75) is 45.8 Å². The zero-order chi connectivity index (χ0) is 13.0. The van der Waals surface area contributed by atoms with Crippen LogP contribution >= 0.6 is 0 Å². The minimum absolute atomic E-state index is 0.260. The molecule has 0 radical (unpaired) electrons. The summed E-state index contributed by atoms with van der Waals surface area (Å²) in [6.45, 7) is 7.28. The summed E-state index contributed by atoms with van der Waals surface area (Å²) in [5, 5.41) is 3.51. The van der Waals surface area contributed by atoms with Gasteiger partial charge in [0, 0.05) is 31.2 Å². The van der Waals surface area contributed by atoms with E-state index in [9.17, 15) is 0 Å². The average Bonchev–Trinajstić information content (AvgIpc) is 2.99. The van der Waals surface area contributed by atoms with Crippen LogP contribution in [-0.2, 0) is 6.54 Å². The maximum Gasteiger partial charge on any atom is 0.123 e. The number of nitrogens with zero attached hydrogens (tertiary/aromatic N) is 3. The van der Waals surface area contributed by atoms with Gasteiger partial charge in [-0.15, -0.1) is 0 Å². The fraction of sp³-hybridized carbons (Fsp3) is 0.538. The molecule has 0 bridgehead atoms. The number of aromatic nitrogens is 4. The highest BCUT2D eigenvalue weighted by Crippen LogP contribution is 2.14. The molecule has 1 unspecified atom stereocenters. The number of nitrogens with one attached hydrogen (secondary N) is 2. The maximum atomic E-state index is 4.30. The molecule has 2 heterocycles. The van der Waals surface area contributed by atoms with Crippen molar-refractivity contribution >= 4 is 0 Å². The molecule has 1 atom stereocenters. The largest absolute Gasteiger partial charge is 0.347 e. The molecular formula is C13H21N5. The van der Waals surface area contributed by atoms with Gasteiger partial charge in [-0.05, 0) is 20.3 Å². The third kappa shape index (κ3) is 2.79. The number of hydrogen-bond donors (Lipinski definition) is 2. The van der Waals surface area contributed by atoms with E-state index < -0.39 is 0 Å². The lowest BCUT2D eigenvalue weighted by Gasteiger charge is -2.17. The summed E-state index contributed by atoms with van der Waals surface area (Å²) in [4.78, 5) is 11.7. The third-order valence-corrected chi connectivity index (χ3v) is 3.09. The summed E-state index contributed by atoms with van der Waals surface area (Å²) in [7, 11) is 0. The molecule has 0 fully saturated rings. The predicted molar refractivity (Wildman–Crippen MR) is 71.1 cm³/mol. The first kappa shape index (κ1) is 12.8. The lowest BCUT2D eigenvalue weighted by molar-refractivity contribution is 0.474. The molecule has 2 aromatic heterocycles. The molecule has 0 spiro atoms. The van der Waals surface area contributed by atoms with E-state index in [0.717, 1.165) is 18.8 Å². The van der Waals surface area contributed by atoms with Crippen LogP contribution in [0.1, 0.15) is 50.8 Å². The molecule has 0 amide bonds. The van der Waals surface area contributed by atoms with Crippen molar-refractivity contribution < 1.29 is 0 Å². The highest BCUT2D eigenvalue weighted by atomic mass is 15.1. The monoisotopic (exact) mass is 247 g/mol. The summed E-state index contributed by atoms with van der Waals surface area (Å²) in [6.07, 6.45) is 8.46. The zero-order valence-corrected chi connectivity index (χ0v) is 11.2. The standard InChI is InChI=1S/C13H21N5/c1-4-12(13-15-5-6-16-13)17-8-11-7-14-9-18(11)10(2)3/h5-7,9-10,12,17H,4,8H2,1-3H3,(H,15,16). The Morgan fingerprint density at radius 1 is 1.44 bits per heavy atom. The van der Waals surface area contributed by atoms with Gasteiger partial charge in [0.1, 0.15) is 5.82 Å². The van der Waals surface area contributed by atoms with Crippen LogP contribution in [0.5, 0.6) is 0 Å². The third-order valence-electron chi connectivity index (χ3n) is 3.09. The Labute approximate surface area is 108 Å². The van der Waals surface area contributed by atoms with Gasteiger partial charge in [-0.2, -0.15) is 0 Å². The number of hydrogen-bond acceptors (Lipinski definition) is 3. The Bertz CT molecular complexity index is 457. The van der Waals surface area contributed by atoms with Gasteiger partial charge in [-0.1, -0.05) is 6.92 Å². The Morgan fingerprint density at radius 3 is 2.89 bits per heavy atom. The molecule has 0 aliphatic carbocycles. The van der Waals surface area contributed by atoms with Crippen molar-refractivity contribution in [2.24, 2.45) is 0 Å². The fourth-order valence-corrected chi connectivity index (χ4v) is 2.06. The van der Waals surface area contributed by atoms with Crippen LogP contribution in [-0.4, -0.2) is 19.5 Å². The van der Waals surface area contributed by atoms with Gasteiger partial charge in [-0.25, -0.2) is 9.97 Å². The SMILES string of the molecule is CCC(NCc1cncn1C(C)C)c1ncc[nH]1. The van der Waals surface area contributed by atoms with Crippen LogP contribution < -0.4 is 5.32 Å². The molecular weight excluding hydrogens is 226 g/mol. The molecule has 5 heteroatoms. The molecule has 0 saturated heterocycles. The van der Waals surface area contributed by atoms with Gasteiger partial charge < -0.3 is 14.9 Å². The summed E-state index contributed by atoms with van der Waals surface area (Å²) >= 11 is 0. The van der Waals surface area contributed by atoms with Crippen LogP contribution in [0.15, 0.2) is 24.9 Å². The minimum atomic E-state index is 0.260. The fourth-order valence-electron chi connectivity index (χ4n) is 2.06. The average molecular weight is 247 g/mol. The van der Waals surface area contributed by atoms with Crippen molar-refractivity contribution in [1.82, 2.24) is 24.8 Å². The van der Waals surface area contributed by atoms with E-state index in [0.29, 0.717) is 6.04 Å². The molecule has 0 saturated carbocycles. The van der Waals surface area contributed by atoms with Gasteiger partial charge >= 0.3 is 0 Å². The first-order valence-electron chi connectivity index (χ1n) is 6.45. The van der Waals surface area contributed by atoms with Crippen molar-refractivity contribution in [2.75, 3.05) is 0 Å². The minimum Gasteiger partial charge on any atom is -0.347 e. The Kier molecular flexibility index (Phi) is 4.15. The molecule has 2 N–H and O–H groups in total. The van der Waals surface area contributed by atoms with Gasteiger partial charge in [0.05, 0.1) is 18.1 Å². The summed E-state index contributed by atoms with van der Waals surface area (Å²) in [5.74, 6) is 0.994. The summed E-state index contributed by atoms with van der Waals surface area (Å²) < 4.78 is 2.18. The van der Waals surface area contributed by atoms with Gasteiger partial charge in [0.2, 0.25) is 0 Å². The number of aromatic amines is 1. The molecule has 18 heavy (non-hydrogen) atoms. The Hall–Kier alpha value is -1.62. The van der Waals surface area contributed by atoms with Crippen molar-refractivity contribution in [3.63, 3.8) is 0 Å². The molecule has 0 aromatic carbocycles. The number of rotatable bonds is 6. The number of H-pyrrole nitrogens is 1. The first-order chi connectivity index (χ1) is 8.72. The van der Waals surface area contributed by atoms with Crippen LogP contribution in [0.3, 0.4) is 0 Å². The quantitative estimate of drug-likeness (QED) is 0.824. The van der Waals surface area contributed by atoms with E-state index in [1.54, 1.807) is 6.20 Å². The van der Waals surface area contributed by atoms with E-state index in [1.165, 1.54) is 5.69 Å².